The fourth-order valence-electron chi connectivity index (χ4n) is 1.72. The van der Waals surface area contributed by atoms with Crippen molar-refractivity contribution in [3.63, 3.8) is 0 Å². The lowest BCUT2D eigenvalue weighted by atomic mass is 10.2. The van der Waals surface area contributed by atoms with Crippen molar-refractivity contribution in [2.24, 2.45) is 0 Å². The fourth-order valence-corrected chi connectivity index (χ4v) is 1.72. The summed E-state index contributed by atoms with van der Waals surface area (Å²) < 4.78 is 0. The Balaban J connectivity index is 1.84. The van der Waals surface area contributed by atoms with Crippen molar-refractivity contribution in [3.8, 4) is 0 Å². The molecule has 0 atom stereocenters. The summed E-state index contributed by atoms with van der Waals surface area (Å²) in [4.78, 5) is 14.4. The summed E-state index contributed by atoms with van der Waals surface area (Å²) in [6, 6.07) is 10.2. The molecule has 0 radical (unpaired) electrons. The van der Waals surface area contributed by atoms with E-state index >= 15 is 0 Å². The van der Waals surface area contributed by atoms with Crippen LogP contribution in [0.3, 0.4) is 0 Å². The first-order valence-electron chi connectivity index (χ1n) is 5.41. The molecule has 0 amide bonds. The van der Waals surface area contributed by atoms with Crippen molar-refractivity contribution in [2.45, 2.75) is 6.54 Å². The summed E-state index contributed by atoms with van der Waals surface area (Å²) in [5.41, 5.74) is 2.83. The maximum Gasteiger partial charge on any atom is 0.260 e. The Bertz CT molecular complexity index is 617. The Morgan fingerprint density at radius 1 is 1.18 bits per heavy atom. The number of H-pyrrole nitrogens is 2. The molecule has 0 unspecified atom stereocenters. The molecule has 0 saturated heterocycles. The van der Waals surface area contributed by atoms with Crippen LogP contribution in [0, 0.1) is 0 Å². The molecule has 0 bridgehead atoms. The van der Waals surface area contributed by atoms with Gasteiger partial charge in [-0.15, -0.1) is 0 Å². The minimum absolute atomic E-state index is 0.708. The highest BCUT2D eigenvalue weighted by Gasteiger charge is 2.10. The summed E-state index contributed by atoms with van der Waals surface area (Å²) in [5, 5.41) is 3.32. The minimum atomic E-state index is 0.708. The van der Waals surface area contributed by atoms with Gasteiger partial charge in [0.25, 0.3) is 5.65 Å². The van der Waals surface area contributed by atoms with Crippen LogP contribution < -0.4 is 10.3 Å². The number of fused-ring (bicyclic) bond motifs is 1. The van der Waals surface area contributed by atoms with Gasteiger partial charge in [-0.1, -0.05) is 35.3 Å². The summed E-state index contributed by atoms with van der Waals surface area (Å²) in [6.07, 6.45) is 3.27. The molecule has 0 aliphatic carbocycles. The van der Waals surface area contributed by atoms with E-state index in [0.29, 0.717) is 5.65 Å². The summed E-state index contributed by atoms with van der Waals surface area (Å²) in [6.45, 7) is 0.759. The second-order valence-electron chi connectivity index (χ2n) is 3.72. The number of hydrogen-bond donors (Lipinski definition) is 2. The third-order valence-electron chi connectivity index (χ3n) is 2.58. The Morgan fingerprint density at radius 3 is 2.94 bits per heavy atom. The second-order valence-corrected chi connectivity index (χ2v) is 3.72. The molecule has 3 rings (SSSR count). The van der Waals surface area contributed by atoms with Gasteiger partial charge in [-0.2, -0.15) is 0 Å². The zero-order valence-electron chi connectivity index (χ0n) is 9.14. The molecule has 0 aliphatic rings. The molecule has 0 spiro atoms. The molecule has 0 saturated carbocycles. The first-order valence-corrected chi connectivity index (χ1v) is 5.41. The van der Waals surface area contributed by atoms with Gasteiger partial charge in [0.15, 0.2) is 5.52 Å². The van der Waals surface area contributed by atoms with Gasteiger partial charge < -0.3 is 4.98 Å². The lowest BCUT2D eigenvalue weighted by Crippen LogP contribution is -2.14. The van der Waals surface area contributed by atoms with Crippen LogP contribution in [-0.2, 0) is 6.54 Å². The third kappa shape index (κ3) is 1.94. The van der Waals surface area contributed by atoms with Crippen molar-refractivity contribution in [3.05, 3.63) is 48.5 Å². The van der Waals surface area contributed by atoms with Gasteiger partial charge in [-0.25, -0.2) is 9.97 Å². The van der Waals surface area contributed by atoms with Crippen molar-refractivity contribution >= 4 is 17.0 Å². The van der Waals surface area contributed by atoms with Crippen LogP contribution in [-0.4, -0.2) is 15.0 Å². The lowest BCUT2D eigenvalue weighted by molar-refractivity contribution is -0.364. The van der Waals surface area contributed by atoms with Crippen LogP contribution in [0.25, 0.3) is 11.2 Å². The number of aromatic amines is 2. The van der Waals surface area contributed by atoms with Gasteiger partial charge in [0.1, 0.15) is 0 Å². The standard InChI is InChI=1S/C12H11N5/c1-2-4-9(5-3-1)6-13-11-10-12(15-7-14-10)17-8-16-11/h1-5,7-8H,6H2,(H2,13,14,15,16,17)/p+1. The smallest absolute Gasteiger partial charge is 0.260 e. The normalized spacial score (nSPS) is 10.6. The Kier molecular flexibility index (Phi) is 2.42. The number of imidazole rings is 1. The highest BCUT2D eigenvalue weighted by atomic mass is 15.1. The van der Waals surface area contributed by atoms with Gasteiger partial charge in [0, 0.05) is 0 Å². The van der Waals surface area contributed by atoms with E-state index in [2.05, 4.69) is 37.4 Å². The number of rotatable bonds is 3. The maximum absolute atomic E-state index is 4.12. The molecule has 3 N–H and O–H groups in total. The number of nitrogens with one attached hydrogen (secondary N) is 3. The molecular weight excluding hydrogens is 214 g/mol. The molecule has 5 nitrogen and oxygen atoms in total. The van der Waals surface area contributed by atoms with Crippen molar-refractivity contribution < 1.29 is 4.98 Å². The van der Waals surface area contributed by atoms with Crippen molar-refractivity contribution in [2.75, 3.05) is 5.32 Å². The van der Waals surface area contributed by atoms with E-state index in [4.69, 9.17) is 0 Å². The molecule has 3 aromatic rings. The Hall–Kier alpha value is -2.43. The minimum Gasteiger partial charge on any atom is -0.336 e. The molecule has 0 aliphatic heterocycles. The van der Waals surface area contributed by atoms with E-state index in [1.165, 1.54) is 5.56 Å². The second kappa shape index (κ2) is 4.21. The van der Waals surface area contributed by atoms with E-state index in [1.807, 2.05) is 18.2 Å². The molecule has 2 heterocycles. The van der Waals surface area contributed by atoms with Crippen LogP contribution in [0.5, 0.6) is 0 Å². The largest absolute Gasteiger partial charge is 0.336 e. The summed E-state index contributed by atoms with van der Waals surface area (Å²) in [5.74, 6) is 0.899. The predicted molar refractivity (Wildman–Crippen MR) is 64.2 cm³/mol. The number of nitrogens with zero attached hydrogens (tertiary/aromatic N) is 2. The van der Waals surface area contributed by atoms with Gasteiger partial charge in [0.05, 0.1) is 12.9 Å². The van der Waals surface area contributed by atoms with Crippen molar-refractivity contribution in [1.82, 2.24) is 15.0 Å². The average molecular weight is 226 g/mol. The highest BCUT2D eigenvalue weighted by molar-refractivity contribution is 5.79. The van der Waals surface area contributed by atoms with Crippen LogP contribution in [0.1, 0.15) is 5.56 Å². The number of anilines is 1. The first kappa shape index (κ1) is 9.77. The summed E-state index contributed by atoms with van der Waals surface area (Å²) >= 11 is 0. The quantitative estimate of drug-likeness (QED) is 0.709. The van der Waals surface area contributed by atoms with Crippen LogP contribution >= 0.6 is 0 Å². The molecular formula is C12H12N5+. The number of hydrogen-bond acceptors (Lipinski definition) is 3. The van der Waals surface area contributed by atoms with E-state index in [0.717, 1.165) is 17.9 Å². The Labute approximate surface area is 98.0 Å². The van der Waals surface area contributed by atoms with Crippen LogP contribution in [0.4, 0.5) is 5.82 Å². The average Bonchev–Trinajstić information content (AvgIpc) is 2.86. The van der Waals surface area contributed by atoms with Gasteiger partial charge in [-0.05, 0) is 5.56 Å². The van der Waals surface area contributed by atoms with Gasteiger partial charge in [-0.3, -0.25) is 5.32 Å². The molecule has 0 fully saturated rings. The molecule has 84 valence electrons. The zero-order chi connectivity index (χ0) is 11.5. The van der Waals surface area contributed by atoms with E-state index in [1.54, 1.807) is 12.7 Å². The van der Waals surface area contributed by atoms with Crippen molar-refractivity contribution in [1.29, 1.82) is 0 Å². The maximum atomic E-state index is 4.12. The predicted octanol–water partition coefficient (Wildman–Crippen LogP) is 1.38. The van der Waals surface area contributed by atoms with E-state index < -0.39 is 0 Å². The first-order chi connectivity index (χ1) is 8.43. The van der Waals surface area contributed by atoms with Crippen LogP contribution in [0.2, 0.25) is 0 Å². The number of aromatic nitrogens is 4. The zero-order valence-corrected chi connectivity index (χ0v) is 9.14. The lowest BCUT2D eigenvalue weighted by Gasteiger charge is -2.01. The Morgan fingerprint density at radius 2 is 2.06 bits per heavy atom. The number of benzene rings is 1. The molecule has 1 aromatic carbocycles. The molecule has 17 heavy (non-hydrogen) atoms. The molecule has 2 aromatic heterocycles. The van der Waals surface area contributed by atoms with Gasteiger partial charge >= 0.3 is 0 Å². The SMILES string of the molecule is c1ccc(CNc2[nH+]cnc3nc[nH]c23)cc1. The highest BCUT2D eigenvalue weighted by Crippen LogP contribution is 2.12. The fraction of sp³-hybridized carbons (Fsp3) is 0.0833. The van der Waals surface area contributed by atoms with E-state index in [9.17, 15) is 0 Å². The topological polar surface area (TPSA) is 67.7 Å². The van der Waals surface area contributed by atoms with Crippen LogP contribution in [0.15, 0.2) is 43.0 Å². The van der Waals surface area contributed by atoms with E-state index in [-0.39, 0.29) is 0 Å². The monoisotopic (exact) mass is 226 g/mol. The van der Waals surface area contributed by atoms with Gasteiger partial charge in [0.2, 0.25) is 12.1 Å². The molecule has 5 heteroatoms. The third-order valence-corrected chi connectivity index (χ3v) is 2.58. The summed E-state index contributed by atoms with van der Waals surface area (Å²) in [7, 11) is 0.